The summed E-state index contributed by atoms with van der Waals surface area (Å²) in [5.41, 5.74) is 6.20. The van der Waals surface area contributed by atoms with Crippen LogP contribution in [0.15, 0.2) is 60.0 Å². The summed E-state index contributed by atoms with van der Waals surface area (Å²) >= 11 is 1.89. The highest BCUT2D eigenvalue weighted by molar-refractivity contribution is 8.14. The molecule has 5 nitrogen and oxygen atoms in total. The molecule has 0 N–H and O–H groups in total. The van der Waals surface area contributed by atoms with Gasteiger partial charge in [0, 0.05) is 48.3 Å². The number of aromatic nitrogens is 3. The molecule has 0 aromatic carbocycles. The maximum atomic E-state index is 5.12. The summed E-state index contributed by atoms with van der Waals surface area (Å²) in [6, 6.07) is 12.9. The summed E-state index contributed by atoms with van der Waals surface area (Å²) in [6.07, 6.45) is 5.65. The summed E-state index contributed by atoms with van der Waals surface area (Å²) in [5, 5.41) is 1.73. The maximum absolute atomic E-state index is 5.12. The standard InChI is InChI=1S/C23H25N5S/c1-15-11-19(17(3)27(15)14-18-7-6-9-24-12-18)22-21(20-8-4-5-10-25-20)26-23-28(22)13-16(2)29-23/h4-12,16,21-22H,13-14H2,1-3H3/t16-,21-,22+/m0/s1. The third-order valence-electron chi connectivity index (χ3n) is 5.88. The Hall–Kier alpha value is -2.60. The Labute approximate surface area is 175 Å². The molecule has 3 aromatic rings. The Kier molecular flexibility index (Phi) is 4.66. The van der Waals surface area contributed by atoms with Gasteiger partial charge in [-0.25, -0.2) is 0 Å². The number of amidine groups is 1. The number of rotatable bonds is 4. The van der Waals surface area contributed by atoms with Crippen LogP contribution in [0.1, 0.15) is 47.2 Å². The Morgan fingerprint density at radius 1 is 1.14 bits per heavy atom. The minimum atomic E-state index is 0.0403. The lowest BCUT2D eigenvalue weighted by Gasteiger charge is -2.27. The average molecular weight is 404 g/mol. The number of fused-ring (bicyclic) bond motifs is 1. The molecule has 2 aliphatic rings. The zero-order valence-electron chi connectivity index (χ0n) is 17.0. The largest absolute Gasteiger partial charge is 0.344 e. The molecule has 0 saturated carbocycles. The van der Waals surface area contributed by atoms with E-state index < -0.39 is 0 Å². The van der Waals surface area contributed by atoms with E-state index in [9.17, 15) is 0 Å². The van der Waals surface area contributed by atoms with E-state index in [0.29, 0.717) is 5.25 Å². The van der Waals surface area contributed by atoms with Crippen LogP contribution >= 0.6 is 11.8 Å². The van der Waals surface area contributed by atoms with Crippen LogP contribution in [-0.2, 0) is 6.54 Å². The lowest BCUT2D eigenvalue weighted by molar-refractivity contribution is 0.320. The van der Waals surface area contributed by atoms with Gasteiger partial charge in [0.1, 0.15) is 6.04 Å². The Balaban J connectivity index is 1.55. The number of thioether (sulfide) groups is 1. The number of aliphatic imine (C=N–C) groups is 1. The van der Waals surface area contributed by atoms with Gasteiger partial charge in [-0.15, -0.1) is 0 Å². The average Bonchev–Trinajstić information content (AvgIpc) is 3.35. The number of pyridine rings is 2. The van der Waals surface area contributed by atoms with E-state index in [1.165, 1.54) is 22.5 Å². The fourth-order valence-electron chi connectivity index (χ4n) is 4.50. The fourth-order valence-corrected chi connectivity index (χ4v) is 5.59. The molecule has 0 bridgehead atoms. The van der Waals surface area contributed by atoms with Crippen LogP contribution < -0.4 is 0 Å². The van der Waals surface area contributed by atoms with Crippen molar-refractivity contribution in [1.82, 2.24) is 19.4 Å². The van der Waals surface area contributed by atoms with Gasteiger partial charge in [0.25, 0.3) is 0 Å². The highest BCUT2D eigenvalue weighted by Crippen LogP contribution is 2.48. The summed E-state index contributed by atoms with van der Waals surface area (Å²) in [4.78, 5) is 16.5. The van der Waals surface area contributed by atoms with Gasteiger partial charge in [-0.1, -0.05) is 30.8 Å². The van der Waals surface area contributed by atoms with Gasteiger partial charge in [-0.05, 0) is 49.2 Å². The summed E-state index contributed by atoms with van der Waals surface area (Å²) in [5.74, 6) is 0. The molecule has 0 unspecified atom stereocenters. The summed E-state index contributed by atoms with van der Waals surface area (Å²) < 4.78 is 2.40. The van der Waals surface area contributed by atoms with Gasteiger partial charge < -0.3 is 9.47 Å². The zero-order chi connectivity index (χ0) is 20.0. The molecule has 3 atom stereocenters. The third kappa shape index (κ3) is 3.25. The monoisotopic (exact) mass is 403 g/mol. The molecule has 148 valence electrons. The number of hydrogen-bond acceptors (Lipinski definition) is 5. The molecule has 0 aliphatic carbocycles. The quantitative estimate of drug-likeness (QED) is 0.642. The van der Waals surface area contributed by atoms with E-state index in [1.54, 1.807) is 0 Å². The van der Waals surface area contributed by atoms with Crippen LogP contribution in [-0.4, -0.2) is 36.4 Å². The molecule has 2 aliphatic heterocycles. The highest BCUT2D eigenvalue weighted by atomic mass is 32.2. The lowest BCUT2D eigenvalue weighted by atomic mass is 9.96. The lowest BCUT2D eigenvalue weighted by Crippen LogP contribution is -2.29. The second-order valence-electron chi connectivity index (χ2n) is 7.91. The number of nitrogens with zero attached hydrogens (tertiary/aromatic N) is 5. The Morgan fingerprint density at radius 3 is 2.79 bits per heavy atom. The van der Waals surface area contributed by atoms with E-state index in [0.717, 1.165) is 24.0 Å². The van der Waals surface area contributed by atoms with Crippen LogP contribution in [0.2, 0.25) is 0 Å². The van der Waals surface area contributed by atoms with Crippen LogP contribution in [0, 0.1) is 13.8 Å². The van der Waals surface area contributed by atoms with Crippen LogP contribution in [0.4, 0.5) is 0 Å². The second-order valence-corrected chi connectivity index (χ2v) is 9.32. The van der Waals surface area contributed by atoms with Gasteiger partial charge in [0.15, 0.2) is 5.17 Å². The molecular formula is C23H25N5S. The minimum absolute atomic E-state index is 0.0403. The topological polar surface area (TPSA) is 46.3 Å². The normalized spacial score (nSPS) is 23.3. The van der Waals surface area contributed by atoms with E-state index >= 15 is 0 Å². The van der Waals surface area contributed by atoms with Crippen molar-refractivity contribution < 1.29 is 0 Å². The predicted molar refractivity (Wildman–Crippen MR) is 118 cm³/mol. The third-order valence-corrected chi connectivity index (χ3v) is 6.98. The number of hydrogen-bond donors (Lipinski definition) is 0. The predicted octanol–water partition coefficient (Wildman–Crippen LogP) is 4.53. The van der Waals surface area contributed by atoms with Crippen molar-refractivity contribution in [3.8, 4) is 0 Å². The van der Waals surface area contributed by atoms with Crippen molar-refractivity contribution in [1.29, 1.82) is 0 Å². The first-order chi connectivity index (χ1) is 14.1. The first kappa shape index (κ1) is 18.4. The first-order valence-corrected chi connectivity index (χ1v) is 11.0. The van der Waals surface area contributed by atoms with Crippen LogP contribution in [0.5, 0.6) is 0 Å². The van der Waals surface area contributed by atoms with Gasteiger partial charge in [0.05, 0.1) is 11.7 Å². The molecule has 29 heavy (non-hydrogen) atoms. The maximum Gasteiger partial charge on any atom is 0.160 e. The molecule has 0 amide bonds. The molecule has 0 spiro atoms. The molecular weight excluding hydrogens is 378 g/mol. The molecule has 5 rings (SSSR count). The smallest absolute Gasteiger partial charge is 0.160 e. The van der Waals surface area contributed by atoms with Crippen LogP contribution in [0.25, 0.3) is 0 Å². The Morgan fingerprint density at radius 2 is 2.03 bits per heavy atom. The van der Waals surface area contributed by atoms with Crippen molar-refractivity contribution in [3.63, 3.8) is 0 Å². The van der Waals surface area contributed by atoms with E-state index in [1.807, 2.05) is 42.5 Å². The van der Waals surface area contributed by atoms with Crippen molar-refractivity contribution in [3.05, 3.63) is 83.2 Å². The van der Waals surface area contributed by atoms with Gasteiger partial charge in [0.2, 0.25) is 0 Å². The molecule has 5 heterocycles. The van der Waals surface area contributed by atoms with Crippen molar-refractivity contribution in [2.45, 2.75) is 44.6 Å². The van der Waals surface area contributed by atoms with Crippen molar-refractivity contribution in [2.75, 3.05) is 6.54 Å². The molecule has 0 radical (unpaired) electrons. The summed E-state index contributed by atoms with van der Waals surface area (Å²) in [7, 11) is 0. The van der Waals surface area contributed by atoms with Gasteiger partial charge in [-0.2, -0.15) is 0 Å². The fraction of sp³-hybridized carbons (Fsp3) is 0.348. The highest BCUT2D eigenvalue weighted by Gasteiger charge is 2.44. The zero-order valence-corrected chi connectivity index (χ0v) is 17.8. The van der Waals surface area contributed by atoms with Crippen molar-refractivity contribution >= 4 is 16.9 Å². The van der Waals surface area contributed by atoms with Crippen LogP contribution in [0.3, 0.4) is 0 Å². The second kappa shape index (κ2) is 7.34. The molecule has 3 aromatic heterocycles. The molecule has 1 saturated heterocycles. The van der Waals surface area contributed by atoms with Crippen molar-refractivity contribution in [2.24, 2.45) is 4.99 Å². The SMILES string of the molecule is Cc1cc([C@@H]2[C@H](c3ccccn3)N=C3S[C@@H](C)CN32)c(C)n1Cc1cccnc1. The Bertz CT molecular complexity index is 1040. The summed E-state index contributed by atoms with van der Waals surface area (Å²) in [6.45, 7) is 8.58. The minimum Gasteiger partial charge on any atom is -0.344 e. The van der Waals surface area contributed by atoms with E-state index in [4.69, 9.17) is 4.99 Å². The number of aryl methyl sites for hydroxylation is 1. The van der Waals surface area contributed by atoms with Gasteiger partial charge >= 0.3 is 0 Å². The van der Waals surface area contributed by atoms with E-state index in [2.05, 4.69) is 64.5 Å². The molecule has 1 fully saturated rings. The van der Waals surface area contributed by atoms with Gasteiger partial charge in [-0.3, -0.25) is 15.0 Å². The molecule has 6 heteroatoms. The first-order valence-electron chi connectivity index (χ1n) is 10.1. The van der Waals surface area contributed by atoms with E-state index in [-0.39, 0.29) is 12.1 Å².